The molecule has 23 heavy (non-hydrogen) atoms. The molecule has 10 heteroatoms. The summed E-state index contributed by atoms with van der Waals surface area (Å²) in [7, 11) is -2.10. The Morgan fingerprint density at radius 2 is 2.00 bits per heavy atom. The quantitative estimate of drug-likeness (QED) is 0.742. The molecule has 2 heterocycles. The molecule has 8 nitrogen and oxygen atoms in total. The molecule has 1 N–H and O–H groups in total. The Morgan fingerprint density at radius 1 is 1.30 bits per heavy atom. The van der Waals surface area contributed by atoms with Crippen molar-refractivity contribution >= 4 is 26.3 Å². The van der Waals surface area contributed by atoms with Gasteiger partial charge in [0.2, 0.25) is 15.0 Å². The average molecular weight is 353 g/mol. The predicted octanol–water partition coefficient (Wildman–Crippen LogP) is 1.29. The molecule has 122 valence electrons. The first-order chi connectivity index (χ1) is 10.9. The monoisotopic (exact) mass is 353 g/mol. The van der Waals surface area contributed by atoms with Crippen LogP contribution in [0.2, 0.25) is 0 Å². The summed E-state index contributed by atoms with van der Waals surface area (Å²) in [6.07, 6.45) is 1.47. The van der Waals surface area contributed by atoms with Crippen molar-refractivity contribution in [3.63, 3.8) is 0 Å². The average Bonchev–Trinajstić information content (AvgIpc) is 3.05. The summed E-state index contributed by atoms with van der Waals surface area (Å²) >= 11 is 1.29. The zero-order chi connectivity index (χ0) is 16.6. The Hall–Kier alpha value is -2.04. The summed E-state index contributed by atoms with van der Waals surface area (Å²) in [5, 5.41) is 12.4. The Bertz CT molecular complexity index is 910. The molecule has 0 radical (unpaired) electrons. The highest BCUT2D eigenvalue weighted by Crippen LogP contribution is 2.25. The van der Waals surface area contributed by atoms with E-state index in [4.69, 9.17) is 4.74 Å². The summed E-state index contributed by atoms with van der Waals surface area (Å²) in [6.45, 7) is 3.59. The van der Waals surface area contributed by atoms with Crippen molar-refractivity contribution in [2.75, 3.05) is 7.11 Å². The fourth-order valence-electron chi connectivity index (χ4n) is 2.35. The third-order valence-electron chi connectivity index (χ3n) is 3.28. The van der Waals surface area contributed by atoms with Gasteiger partial charge in [0.25, 0.3) is 0 Å². The van der Waals surface area contributed by atoms with E-state index in [1.165, 1.54) is 22.2 Å². The maximum Gasteiger partial charge on any atom is 0.241 e. The number of fused-ring (bicyclic) bond motifs is 1. The first kappa shape index (κ1) is 15.8. The van der Waals surface area contributed by atoms with E-state index in [-0.39, 0.29) is 11.4 Å². The van der Waals surface area contributed by atoms with E-state index >= 15 is 0 Å². The molecule has 0 aliphatic rings. The van der Waals surface area contributed by atoms with E-state index in [2.05, 4.69) is 20.0 Å². The summed E-state index contributed by atoms with van der Waals surface area (Å²) in [4.78, 5) is 0.886. The number of nitrogens with one attached hydrogen (secondary N) is 1. The van der Waals surface area contributed by atoms with Crippen LogP contribution in [0.4, 0.5) is 0 Å². The van der Waals surface area contributed by atoms with Gasteiger partial charge in [0.05, 0.1) is 18.6 Å². The molecule has 3 aromatic rings. The van der Waals surface area contributed by atoms with Gasteiger partial charge in [-0.05, 0) is 37.1 Å². The second-order valence-electron chi connectivity index (χ2n) is 4.97. The van der Waals surface area contributed by atoms with Crippen LogP contribution >= 0.6 is 11.3 Å². The summed E-state index contributed by atoms with van der Waals surface area (Å²) in [5.74, 6) is 0.632. The Labute approximate surface area is 137 Å². The van der Waals surface area contributed by atoms with Crippen LogP contribution in [0.25, 0.3) is 4.96 Å². The van der Waals surface area contributed by atoms with Gasteiger partial charge in [0.15, 0.2) is 0 Å². The van der Waals surface area contributed by atoms with Gasteiger partial charge in [0, 0.05) is 0 Å². The number of rotatable bonds is 5. The molecule has 3 rings (SSSR count). The SMILES string of the molecule is COc1cc(C)c(S(=O)(=O)NCc2nn3cnnc3s2)c(C)c1. The zero-order valence-corrected chi connectivity index (χ0v) is 14.4. The topological polar surface area (TPSA) is 98.5 Å². The van der Waals surface area contributed by atoms with Gasteiger partial charge >= 0.3 is 0 Å². The van der Waals surface area contributed by atoms with Crippen LogP contribution in [0.3, 0.4) is 0 Å². The van der Waals surface area contributed by atoms with Crippen LogP contribution in [0.5, 0.6) is 5.75 Å². The minimum Gasteiger partial charge on any atom is -0.497 e. The molecule has 0 saturated heterocycles. The number of methoxy groups -OCH3 is 1. The van der Waals surface area contributed by atoms with Crippen LogP contribution in [-0.4, -0.2) is 35.3 Å². The molecule has 2 aromatic heterocycles. The van der Waals surface area contributed by atoms with Crippen molar-refractivity contribution in [3.05, 3.63) is 34.6 Å². The third kappa shape index (κ3) is 3.05. The molecule has 0 aliphatic carbocycles. The Kier molecular flexibility index (Phi) is 4.04. The maximum absolute atomic E-state index is 12.6. The summed E-state index contributed by atoms with van der Waals surface area (Å²) in [5.41, 5.74) is 1.26. The molecule has 0 unspecified atom stereocenters. The molecule has 0 amide bonds. The van der Waals surface area contributed by atoms with Gasteiger partial charge < -0.3 is 4.74 Å². The van der Waals surface area contributed by atoms with E-state index in [0.29, 0.717) is 26.8 Å². The smallest absolute Gasteiger partial charge is 0.241 e. The lowest BCUT2D eigenvalue weighted by molar-refractivity contribution is 0.413. The highest BCUT2D eigenvalue weighted by molar-refractivity contribution is 7.89. The summed E-state index contributed by atoms with van der Waals surface area (Å²) < 4.78 is 34.4. The largest absolute Gasteiger partial charge is 0.497 e. The fraction of sp³-hybridized carbons (Fsp3) is 0.308. The highest BCUT2D eigenvalue weighted by atomic mass is 32.2. The van der Waals surface area contributed by atoms with Crippen LogP contribution in [-0.2, 0) is 16.6 Å². The molecular formula is C13H15N5O3S2. The number of nitrogens with zero attached hydrogens (tertiary/aromatic N) is 4. The molecule has 0 spiro atoms. The molecule has 0 aliphatic heterocycles. The second kappa shape index (κ2) is 5.87. The van der Waals surface area contributed by atoms with Gasteiger partial charge in [-0.25, -0.2) is 13.1 Å². The molecule has 0 saturated carbocycles. The molecule has 0 atom stereocenters. The number of sulfonamides is 1. The molecule has 0 fully saturated rings. The zero-order valence-electron chi connectivity index (χ0n) is 12.8. The van der Waals surface area contributed by atoms with Crippen LogP contribution in [0.15, 0.2) is 23.4 Å². The van der Waals surface area contributed by atoms with Crippen molar-refractivity contribution in [1.82, 2.24) is 24.5 Å². The van der Waals surface area contributed by atoms with Crippen molar-refractivity contribution in [2.45, 2.75) is 25.3 Å². The minimum atomic E-state index is -3.65. The normalized spacial score (nSPS) is 12.0. The van der Waals surface area contributed by atoms with E-state index in [1.54, 1.807) is 33.1 Å². The van der Waals surface area contributed by atoms with Crippen LogP contribution < -0.4 is 9.46 Å². The lowest BCUT2D eigenvalue weighted by Gasteiger charge is -2.13. The van der Waals surface area contributed by atoms with E-state index < -0.39 is 10.0 Å². The van der Waals surface area contributed by atoms with Crippen LogP contribution in [0.1, 0.15) is 16.1 Å². The number of benzene rings is 1. The van der Waals surface area contributed by atoms with Gasteiger partial charge in [0.1, 0.15) is 17.1 Å². The maximum atomic E-state index is 12.6. The number of hydrogen-bond acceptors (Lipinski definition) is 7. The fourth-order valence-corrected chi connectivity index (χ4v) is 4.64. The molecule has 1 aromatic carbocycles. The predicted molar refractivity (Wildman–Crippen MR) is 85.2 cm³/mol. The van der Waals surface area contributed by atoms with Gasteiger partial charge in [-0.2, -0.15) is 9.61 Å². The van der Waals surface area contributed by atoms with Crippen molar-refractivity contribution < 1.29 is 13.2 Å². The lowest BCUT2D eigenvalue weighted by Crippen LogP contribution is -2.25. The number of hydrogen-bond donors (Lipinski definition) is 1. The second-order valence-corrected chi connectivity index (χ2v) is 7.71. The first-order valence-electron chi connectivity index (χ1n) is 6.71. The summed E-state index contributed by atoms with van der Waals surface area (Å²) in [6, 6.07) is 3.40. The minimum absolute atomic E-state index is 0.0985. The highest BCUT2D eigenvalue weighted by Gasteiger charge is 2.21. The number of aromatic nitrogens is 4. The lowest BCUT2D eigenvalue weighted by atomic mass is 10.1. The third-order valence-corrected chi connectivity index (χ3v) is 5.90. The molecule has 0 bridgehead atoms. The van der Waals surface area contributed by atoms with Crippen molar-refractivity contribution in [3.8, 4) is 5.75 Å². The number of ether oxygens (including phenoxy) is 1. The first-order valence-corrected chi connectivity index (χ1v) is 9.01. The molecular weight excluding hydrogens is 338 g/mol. The van der Waals surface area contributed by atoms with Gasteiger partial charge in [-0.3, -0.25) is 0 Å². The van der Waals surface area contributed by atoms with Crippen molar-refractivity contribution in [1.29, 1.82) is 0 Å². The van der Waals surface area contributed by atoms with Gasteiger partial charge in [-0.15, -0.1) is 10.2 Å². The Morgan fingerprint density at radius 3 is 2.61 bits per heavy atom. The Balaban J connectivity index is 1.85. The van der Waals surface area contributed by atoms with E-state index in [1.807, 2.05) is 0 Å². The standard InChI is InChI=1S/C13H15N5O3S2/c1-8-4-10(21-3)5-9(2)12(8)23(19,20)15-6-11-17-18-7-14-16-13(18)22-11/h4-5,7,15H,6H2,1-3H3. The van der Waals surface area contributed by atoms with Crippen molar-refractivity contribution in [2.24, 2.45) is 0 Å². The number of aryl methyl sites for hydroxylation is 2. The van der Waals surface area contributed by atoms with E-state index in [0.717, 1.165) is 0 Å². The van der Waals surface area contributed by atoms with Crippen LogP contribution in [0, 0.1) is 13.8 Å². The van der Waals surface area contributed by atoms with E-state index in [9.17, 15) is 8.42 Å². The van der Waals surface area contributed by atoms with Gasteiger partial charge in [-0.1, -0.05) is 11.3 Å².